The van der Waals surface area contributed by atoms with Crippen LogP contribution in [0.2, 0.25) is 0 Å². The number of nitrogens with zero attached hydrogens (tertiary/aromatic N) is 1. The van der Waals surface area contributed by atoms with Crippen molar-refractivity contribution in [2.45, 2.75) is 33.4 Å². The lowest BCUT2D eigenvalue weighted by Crippen LogP contribution is -2.33. The minimum Gasteiger partial charge on any atom is -0.370 e. The second-order valence-corrected chi connectivity index (χ2v) is 6.48. The van der Waals surface area contributed by atoms with E-state index in [1.54, 1.807) is 0 Å². The molecule has 1 aromatic carbocycles. The predicted molar refractivity (Wildman–Crippen MR) is 82.7 cm³/mol. The fraction of sp³-hybridized carbons (Fsp3) is 0.600. The molecule has 1 aliphatic heterocycles. The molecule has 0 radical (unpaired) electrons. The van der Waals surface area contributed by atoms with E-state index in [1.165, 1.54) is 41.4 Å². The number of thioether (sulfide) groups is 1. The molecule has 1 saturated heterocycles. The highest BCUT2D eigenvalue weighted by Gasteiger charge is 2.13. The van der Waals surface area contributed by atoms with Crippen LogP contribution >= 0.6 is 11.8 Å². The van der Waals surface area contributed by atoms with Crippen molar-refractivity contribution in [2.24, 2.45) is 0 Å². The number of benzene rings is 1. The summed E-state index contributed by atoms with van der Waals surface area (Å²) in [6.45, 7) is 9.95. The molecule has 0 saturated carbocycles. The van der Waals surface area contributed by atoms with Crippen LogP contribution in [0.4, 0.5) is 5.69 Å². The molecule has 2 rings (SSSR count). The summed E-state index contributed by atoms with van der Waals surface area (Å²) in [6, 6.07) is 7.43. The second kappa shape index (κ2) is 6.48. The van der Waals surface area contributed by atoms with Gasteiger partial charge in [-0.1, -0.05) is 26.0 Å². The molecule has 18 heavy (non-hydrogen) atoms. The van der Waals surface area contributed by atoms with E-state index in [1.807, 2.05) is 0 Å². The number of nitrogens with one attached hydrogen (secondary N) is 1. The Morgan fingerprint density at radius 3 is 2.61 bits per heavy atom. The van der Waals surface area contributed by atoms with Gasteiger partial charge < -0.3 is 10.2 Å². The normalized spacial score (nSPS) is 16.3. The van der Waals surface area contributed by atoms with E-state index in [0.29, 0.717) is 6.04 Å². The maximum atomic E-state index is 3.47. The van der Waals surface area contributed by atoms with E-state index >= 15 is 0 Å². The smallest absolute Gasteiger partial charge is 0.0396 e. The molecule has 0 aromatic heterocycles. The summed E-state index contributed by atoms with van der Waals surface area (Å²) in [5.74, 6) is 2.52. The molecule has 0 bridgehead atoms. The van der Waals surface area contributed by atoms with E-state index in [2.05, 4.69) is 60.9 Å². The third-order valence-electron chi connectivity index (χ3n) is 3.33. The number of aryl methyl sites for hydroxylation is 1. The lowest BCUT2D eigenvalue weighted by Gasteiger charge is -2.30. The van der Waals surface area contributed by atoms with Crippen LogP contribution in [-0.4, -0.2) is 30.6 Å². The summed E-state index contributed by atoms with van der Waals surface area (Å²) >= 11 is 2.06. The number of hydrogen-bond acceptors (Lipinski definition) is 3. The molecule has 0 aliphatic carbocycles. The van der Waals surface area contributed by atoms with Gasteiger partial charge >= 0.3 is 0 Å². The van der Waals surface area contributed by atoms with Crippen LogP contribution in [0.1, 0.15) is 25.0 Å². The first-order chi connectivity index (χ1) is 8.66. The average molecular weight is 264 g/mol. The molecule has 3 heteroatoms. The van der Waals surface area contributed by atoms with Gasteiger partial charge in [0.05, 0.1) is 0 Å². The van der Waals surface area contributed by atoms with E-state index in [4.69, 9.17) is 0 Å². The van der Waals surface area contributed by atoms with Crippen LogP contribution < -0.4 is 10.2 Å². The Balaban J connectivity index is 2.04. The average Bonchev–Trinajstić information content (AvgIpc) is 2.37. The highest BCUT2D eigenvalue weighted by molar-refractivity contribution is 7.99. The largest absolute Gasteiger partial charge is 0.370 e. The fourth-order valence-electron chi connectivity index (χ4n) is 2.31. The summed E-state index contributed by atoms with van der Waals surface area (Å²) in [6.07, 6.45) is 0. The van der Waals surface area contributed by atoms with E-state index in [-0.39, 0.29) is 0 Å². The lowest BCUT2D eigenvalue weighted by atomic mass is 10.1. The predicted octanol–water partition coefficient (Wildman–Crippen LogP) is 3.05. The molecule has 0 atom stereocenters. The molecule has 0 amide bonds. The van der Waals surface area contributed by atoms with E-state index < -0.39 is 0 Å². The minimum atomic E-state index is 0.545. The zero-order valence-electron chi connectivity index (χ0n) is 11.7. The van der Waals surface area contributed by atoms with Crippen molar-refractivity contribution in [3.05, 3.63) is 29.3 Å². The van der Waals surface area contributed by atoms with Gasteiger partial charge in [-0.25, -0.2) is 0 Å². The first-order valence-corrected chi connectivity index (χ1v) is 7.98. The van der Waals surface area contributed by atoms with E-state index in [9.17, 15) is 0 Å². The topological polar surface area (TPSA) is 15.3 Å². The molecule has 0 unspecified atom stereocenters. The first-order valence-electron chi connectivity index (χ1n) is 6.82. The molecule has 1 aliphatic rings. The molecule has 1 N–H and O–H groups in total. The Bertz CT molecular complexity index is 384. The van der Waals surface area contributed by atoms with Crippen molar-refractivity contribution in [3.8, 4) is 0 Å². The SMILES string of the molecule is Cc1cc(CNC(C)C)ccc1N1CCSCC1. The van der Waals surface area contributed by atoms with Gasteiger partial charge in [-0.15, -0.1) is 0 Å². The number of rotatable bonds is 4. The van der Waals surface area contributed by atoms with Gasteiger partial charge in [0.25, 0.3) is 0 Å². The Labute approximate surface area is 115 Å². The molecule has 1 fully saturated rings. The molecular formula is C15H24N2S. The highest BCUT2D eigenvalue weighted by Crippen LogP contribution is 2.24. The second-order valence-electron chi connectivity index (χ2n) is 5.26. The summed E-state index contributed by atoms with van der Waals surface area (Å²) in [5.41, 5.74) is 4.21. The number of hydrogen-bond donors (Lipinski definition) is 1. The summed E-state index contributed by atoms with van der Waals surface area (Å²) in [5, 5.41) is 3.47. The maximum Gasteiger partial charge on any atom is 0.0396 e. The van der Waals surface area contributed by atoms with Crippen molar-refractivity contribution in [2.75, 3.05) is 29.5 Å². The van der Waals surface area contributed by atoms with Gasteiger partial charge in [-0.05, 0) is 24.1 Å². The summed E-state index contributed by atoms with van der Waals surface area (Å²) in [4.78, 5) is 2.52. The molecule has 1 aromatic rings. The third-order valence-corrected chi connectivity index (χ3v) is 4.27. The standard InChI is InChI=1S/C15H24N2S/c1-12(2)16-11-14-4-5-15(13(3)10-14)17-6-8-18-9-7-17/h4-5,10,12,16H,6-9,11H2,1-3H3. The quantitative estimate of drug-likeness (QED) is 0.900. The van der Waals surface area contributed by atoms with Crippen LogP contribution in [0.25, 0.3) is 0 Å². The van der Waals surface area contributed by atoms with Crippen LogP contribution in [0, 0.1) is 6.92 Å². The molecule has 100 valence electrons. The number of anilines is 1. The Hall–Kier alpha value is -0.670. The first kappa shape index (κ1) is 13.8. The molecule has 0 spiro atoms. The monoisotopic (exact) mass is 264 g/mol. The molecule has 2 nitrogen and oxygen atoms in total. The van der Waals surface area contributed by atoms with Crippen LogP contribution in [-0.2, 0) is 6.54 Å². The van der Waals surface area contributed by atoms with Gasteiger partial charge in [0, 0.05) is 42.9 Å². The van der Waals surface area contributed by atoms with Gasteiger partial charge in [0.15, 0.2) is 0 Å². The third kappa shape index (κ3) is 3.66. The van der Waals surface area contributed by atoms with Crippen molar-refractivity contribution in [1.82, 2.24) is 5.32 Å². The van der Waals surface area contributed by atoms with Crippen molar-refractivity contribution in [3.63, 3.8) is 0 Å². The zero-order chi connectivity index (χ0) is 13.0. The van der Waals surface area contributed by atoms with Crippen LogP contribution in [0.5, 0.6) is 0 Å². The van der Waals surface area contributed by atoms with Gasteiger partial charge in [0.1, 0.15) is 0 Å². The minimum absolute atomic E-state index is 0.545. The Kier molecular flexibility index (Phi) is 4.95. The highest BCUT2D eigenvalue weighted by atomic mass is 32.2. The van der Waals surface area contributed by atoms with Crippen molar-refractivity contribution >= 4 is 17.4 Å². The Morgan fingerprint density at radius 1 is 1.28 bits per heavy atom. The van der Waals surface area contributed by atoms with Crippen LogP contribution in [0.15, 0.2) is 18.2 Å². The van der Waals surface area contributed by atoms with Gasteiger partial charge in [0.2, 0.25) is 0 Å². The molecule has 1 heterocycles. The molecular weight excluding hydrogens is 240 g/mol. The fourth-order valence-corrected chi connectivity index (χ4v) is 3.21. The van der Waals surface area contributed by atoms with Gasteiger partial charge in [-0.2, -0.15) is 11.8 Å². The van der Waals surface area contributed by atoms with Crippen molar-refractivity contribution < 1.29 is 0 Å². The summed E-state index contributed by atoms with van der Waals surface area (Å²) < 4.78 is 0. The van der Waals surface area contributed by atoms with Crippen molar-refractivity contribution in [1.29, 1.82) is 0 Å². The van der Waals surface area contributed by atoms with Crippen LogP contribution in [0.3, 0.4) is 0 Å². The summed E-state index contributed by atoms with van der Waals surface area (Å²) in [7, 11) is 0. The Morgan fingerprint density at radius 2 is 2.00 bits per heavy atom. The maximum absolute atomic E-state index is 3.47. The zero-order valence-corrected chi connectivity index (χ0v) is 12.5. The van der Waals surface area contributed by atoms with E-state index in [0.717, 1.165) is 6.54 Å². The lowest BCUT2D eigenvalue weighted by molar-refractivity contribution is 0.588. The van der Waals surface area contributed by atoms with Gasteiger partial charge in [-0.3, -0.25) is 0 Å².